The van der Waals surface area contributed by atoms with Crippen molar-refractivity contribution in [3.05, 3.63) is 0 Å². The topological polar surface area (TPSA) is 58.8 Å². The fourth-order valence-corrected chi connectivity index (χ4v) is 3.39. The molecule has 2 fully saturated rings. The van der Waals surface area contributed by atoms with Gasteiger partial charge in [0.2, 0.25) is 5.91 Å². The molecule has 2 rings (SSSR count). The second-order valence-corrected chi connectivity index (χ2v) is 6.11. The van der Waals surface area contributed by atoms with Gasteiger partial charge in [-0.2, -0.15) is 0 Å². The van der Waals surface area contributed by atoms with Crippen LogP contribution in [0.4, 0.5) is 0 Å². The highest BCUT2D eigenvalue weighted by Gasteiger charge is 2.44. The van der Waals surface area contributed by atoms with Crippen LogP contribution in [0, 0.1) is 11.8 Å². The van der Waals surface area contributed by atoms with Gasteiger partial charge in [-0.3, -0.25) is 4.79 Å². The third kappa shape index (κ3) is 2.78. The highest BCUT2D eigenvalue weighted by atomic mass is 16.5. The van der Waals surface area contributed by atoms with Crippen LogP contribution in [0.25, 0.3) is 0 Å². The number of likely N-dealkylation sites (N-methyl/N-ethyl adjacent to an activating group) is 1. The van der Waals surface area contributed by atoms with E-state index in [9.17, 15) is 4.79 Å². The van der Waals surface area contributed by atoms with Crippen LogP contribution >= 0.6 is 0 Å². The molecule has 110 valence electrons. The molecule has 0 aromatic heterocycles. The molecule has 5 atom stereocenters. The van der Waals surface area contributed by atoms with Crippen LogP contribution in [0.3, 0.4) is 0 Å². The summed E-state index contributed by atoms with van der Waals surface area (Å²) in [4.78, 5) is 17.0. The summed E-state index contributed by atoms with van der Waals surface area (Å²) in [5.41, 5.74) is 5.84. The molecule has 2 aliphatic heterocycles. The SMILES string of the molecule is CC1OC(C)C(C(=O)N2CCN(C)CC2CN)C1C. The fraction of sp³-hybridized carbons (Fsp3) is 0.929. The average molecular weight is 269 g/mol. The molecular weight excluding hydrogens is 242 g/mol. The predicted molar refractivity (Wildman–Crippen MR) is 74.7 cm³/mol. The smallest absolute Gasteiger partial charge is 0.229 e. The van der Waals surface area contributed by atoms with Gasteiger partial charge in [-0.25, -0.2) is 0 Å². The van der Waals surface area contributed by atoms with Crippen molar-refractivity contribution in [1.29, 1.82) is 0 Å². The minimum absolute atomic E-state index is 0.00980. The number of nitrogens with zero attached hydrogens (tertiary/aromatic N) is 2. The molecule has 0 aromatic rings. The highest BCUT2D eigenvalue weighted by molar-refractivity contribution is 5.80. The number of piperazine rings is 1. The minimum atomic E-state index is -0.0209. The molecule has 0 saturated carbocycles. The zero-order chi connectivity index (χ0) is 14.2. The largest absolute Gasteiger partial charge is 0.374 e. The van der Waals surface area contributed by atoms with Crippen molar-refractivity contribution in [2.24, 2.45) is 17.6 Å². The number of amides is 1. The number of rotatable bonds is 2. The van der Waals surface area contributed by atoms with Gasteiger partial charge in [-0.05, 0) is 26.8 Å². The summed E-state index contributed by atoms with van der Waals surface area (Å²) >= 11 is 0. The Hall–Kier alpha value is -0.650. The van der Waals surface area contributed by atoms with Crippen molar-refractivity contribution in [3.63, 3.8) is 0 Å². The van der Waals surface area contributed by atoms with Crippen molar-refractivity contribution in [2.75, 3.05) is 33.2 Å². The number of carbonyl (C=O) groups is 1. The Labute approximate surface area is 116 Å². The van der Waals surface area contributed by atoms with E-state index in [4.69, 9.17) is 10.5 Å². The zero-order valence-electron chi connectivity index (χ0n) is 12.5. The number of nitrogens with two attached hydrogens (primary N) is 1. The highest BCUT2D eigenvalue weighted by Crippen LogP contribution is 2.34. The van der Waals surface area contributed by atoms with E-state index in [1.54, 1.807) is 0 Å². The Morgan fingerprint density at radius 3 is 2.47 bits per heavy atom. The van der Waals surface area contributed by atoms with Gasteiger partial charge in [0.15, 0.2) is 0 Å². The molecule has 19 heavy (non-hydrogen) atoms. The van der Waals surface area contributed by atoms with Gasteiger partial charge < -0.3 is 20.3 Å². The molecular formula is C14H27N3O2. The summed E-state index contributed by atoms with van der Waals surface area (Å²) in [6, 6.07) is 0.140. The zero-order valence-corrected chi connectivity index (χ0v) is 12.5. The van der Waals surface area contributed by atoms with Gasteiger partial charge in [0.05, 0.1) is 24.2 Å². The number of hydrogen-bond donors (Lipinski definition) is 1. The molecule has 0 aromatic carbocycles. The van der Waals surface area contributed by atoms with Gasteiger partial charge in [-0.15, -0.1) is 0 Å². The van der Waals surface area contributed by atoms with E-state index in [1.165, 1.54) is 0 Å². The van der Waals surface area contributed by atoms with E-state index >= 15 is 0 Å². The standard InChI is InChI=1S/C14H27N3O2/c1-9-10(2)19-11(3)13(9)14(18)17-6-5-16(4)8-12(17)7-15/h9-13H,5-8,15H2,1-4H3. The second-order valence-electron chi connectivity index (χ2n) is 6.11. The summed E-state index contributed by atoms with van der Waals surface area (Å²) in [5.74, 6) is 0.487. The number of hydrogen-bond acceptors (Lipinski definition) is 4. The van der Waals surface area contributed by atoms with Crippen molar-refractivity contribution in [1.82, 2.24) is 9.80 Å². The van der Waals surface area contributed by atoms with E-state index in [0.29, 0.717) is 6.54 Å². The van der Waals surface area contributed by atoms with E-state index in [0.717, 1.165) is 19.6 Å². The molecule has 0 aliphatic carbocycles. The Morgan fingerprint density at radius 1 is 1.26 bits per heavy atom. The monoisotopic (exact) mass is 269 g/mol. The summed E-state index contributed by atoms with van der Waals surface area (Å²) in [5, 5.41) is 0. The lowest BCUT2D eigenvalue weighted by Crippen LogP contribution is -2.58. The second kappa shape index (κ2) is 5.77. The Bertz CT molecular complexity index is 337. The van der Waals surface area contributed by atoms with Crippen molar-refractivity contribution >= 4 is 5.91 Å². The molecule has 1 amide bonds. The molecule has 0 radical (unpaired) electrons. The van der Waals surface area contributed by atoms with E-state index < -0.39 is 0 Å². The predicted octanol–water partition coefficient (Wildman–Crippen LogP) is 0.147. The van der Waals surface area contributed by atoms with E-state index in [1.807, 2.05) is 11.8 Å². The molecule has 5 nitrogen and oxygen atoms in total. The van der Waals surface area contributed by atoms with Crippen molar-refractivity contribution < 1.29 is 9.53 Å². The van der Waals surface area contributed by atoms with Crippen LogP contribution in [0.2, 0.25) is 0 Å². The summed E-state index contributed by atoms with van der Waals surface area (Å²) in [7, 11) is 2.08. The van der Waals surface area contributed by atoms with Crippen LogP contribution in [0.5, 0.6) is 0 Å². The molecule has 2 N–H and O–H groups in total. The van der Waals surface area contributed by atoms with Crippen molar-refractivity contribution in [3.8, 4) is 0 Å². The fourth-order valence-electron chi connectivity index (χ4n) is 3.39. The van der Waals surface area contributed by atoms with Crippen LogP contribution < -0.4 is 5.73 Å². The molecule has 0 bridgehead atoms. The maximum atomic E-state index is 12.8. The van der Waals surface area contributed by atoms with Crippen molar-refractivity contribution in [2.45, 2.75) is 39.0 Å². The number of carbonyl (C=O) groups excluding carboxylic acids is 1. The lowest BCUT2D eigenvalue weighted by molar-refractivity contribution is -0.142. The van der Waals surface area contributed by atoms with Crippen LogP contribution in [0.1, 0.15) is 20.8 Å². The first kappa shape index (κ1) is 14.8. The van der Waals surface area contributed by atoms with Gasteiger partial charge in [0.1, 0.15) is 0 Å². The van der Waals surface area contributed by atoms with Gasteiger partial charge in [-0.1, -0.05) is 6.92 Å². The third-order valence-corrected chi connectivity index (χ3v) is 4.77. The Morgan fingerprint density at radius 2 is 1.95 bits per heavy atom. The minimum Gasteiger partial charge on any atom is -0.374 e. The first-order valence-electron chi connectivity index (χ1n) is 7.30. The van der Waals surface area contributed by atoms with Gasteiger partial charge in [0, 0.05) is 26.2 Å². The quantitative estimate of drug-likeness (QED) is 0.775. The molecule has 5 heteroatoms. The van der Waals surface area contributed by atoms with Crippen LogP contribution in [-0.4, -0.2) is 67.2 Å². The normalized spacial score (nSPS) is 40.7. The maximum Gasteiger partial charge on any atom is 0.229 e. The molecule has 2 heterocycles. The molecule has 2 saturated heterocycles. The molecule has 5 unspecified atom stereocenters. The first-order valence-corrected chi connectivity index (χ1v) is 7.30. The van der Waals surface area contributed by atoms with Gasteiger partial charge in [0.25, 0.3) is 0 Å². The Balaban J connectivity index is 2.10. The first-order chi connectivity index (χ1) is 8.95. The average Bonchev–Trinajstić information content (AvgIpc) is 2.62. The van der Waals surface area contributed by atoms with E-state index in [-0.39, 0.29) is 36.0 Å². The lowest BCUT2D eigenvalue weighted by Gasteiger charge is -2.41. The molecule has 0 spiro atoms. The third-order valence-electron chi connectivity index (χ3n) is 4.77. The maximum absolute atomic E-state index is 12.8. The van der Waals surface area contributed by atoms with Crippen LogP contribution in [0.15, 0.2) is 0 Å². The van der Waals surface area contributed by atoms with E-state index in [2.05, 4.69) is 25.8 Å². The lowest BCUT2D eigenvalue weighted by atomic mass is 9.87. The summed E-state index contributed by atoms with van der Waals surface area (Å²) in [6.07, 6.45) is 0.170. The number of ether oxygens (including phenoxy) is 1. The summed E-state index contributed by atoms with van der Waals surface area (Å²) < 4.78 is 5.80. The molecule has 2 aliphatic rings. The van der Waals surface area contributed by atoms with Crippen LogP contribution in [-0.2, 0) is 9.53 Å². The van der Waals surface area contributed by atoms with Gasteiger partial charge >= 0.3 is 0 Å². The summed E-state index contributed by atoms with van der Waals surface area (Å²) in [6.45, 7) is 9.28. The Kier molecular flexibility index (Phi) is 4.48.